The number of nitrogens with zero attached hydrogens (tertiary/aromatic N) is 8. The zero-order valence-corrected chi connectivity index (χ0v) is 45.2. The number of nitrogens with one attached hydrogen (secondary N) is 2. The summed E-state index contributed by atoms with van der Waals surface area (Å²) in [6.07, 6.45) is -0.908. The number of fused-ring (bicyclic) bond motifs is 3. The summed E-state index contributed by atoms with van der Waals surface area (Å²) in [5, 5.41) is 27.3. The summed E-state index contributed by atoms with van der Waals surface area (Å²) in [4.78, 5) is 86.8. The summed E-state index contributed by atoms with van der Waals surface area (Å²) in [5.41, 5.74) is 8.63. The third-order valence-electron chi connectivity index (χ3n) is 14.2. The lowest BCUT2D eigenvalue weighted by Gasteiger charge is -2.35. The highest BCUT2D eigenvalue weighted by Gasteiger charge is 2.45. The van der Waals surface area contributed by atoms with Gasteiger partial charge in [-0.15, -0.1) is 32.9 Å². The van der Waals surface area contributed by atoms with Gasteiger partial charge in [0.2, 0.25) is 23.6 Å². The van der Waals surface area contributed by atoms with Crippen molar-refractivity contribution in [3.05, 3.63) is 139 Å². The van der Waals surface area contributed by atoms with Crippen molar-refractivity contribution in [1.29, 1.82) is 0 Å². The van der Waals surface area contributed by atoms with Crippen LogP contribution < -0.4 is 10.6 Å². The number of aliphatic hydroxyl groups is 1. The Morgan fingerprint density at radius 1 is 0.878 bits per heavy atom. The third-order valence-corrected chi connectivity index (χ3v) is 16.7. The number of benzene rings is 3. The van der Waals surface area contributed by atoms with Crippen LogP contribution in [0.15, 0.2) is 83.3 Å². The maximum atomic E-state index is 14.4. The molecule has 19 heteroatoms. The lowest BCUT2D eigenvalue weighted by Crippen LogP contribution is -2.58. The van der Waals surface area contributed by atoms with Gasteiger partial charge in [0.25, 0.3) is 5.91 Å². The molecule has 0 bridgehead atoms. The number of aryl methyl sites for hydroxylation is 3. The first-order chi connectivity index (χ1) is 35.2. The standard InChI is InChI=1S/C55H61ClN10O6S2/c1-30-33(4)74-54-46(30)47(37-16-18-40(56)19-17-37)59-42(50-62-61-34(5)66(50)54)27-45(69)63-20-22-64(23-21-63)52(71)39-11-9-10-35(24-39)25-44(68)60-49(55(6,7)8)53(72)65-28-41(67)26-43(65)51(70)58-31(2)36-12-14-38(15-13-36)48-32(3)57-29-73-48/h9-19,24,29,31,41-43,49,67H,20-23,25-28H2,1-8H3,(H,58,70)(H,60,68)/t31-,41+,42-,43-,49?/m0/s1. The Morgan fingerprint density at radius 2 is 1.57 bits per heavy atom. The van der Waals surface area contributed by atoms with Crippen LogP contribution in [-0.2, 0) is 25.6 Å². The molecule has 3 aliphatic heterocycles. The van der Waals surface area contributed by atoms with E-state index >= 15 is 0 Å². The van der Waals surface area contributed by atoms with Gasteiger partial charge >= 0.3 is 0 Å². The monoisotopic (exact) mass is 1060 g/mol. The average molecular weight is 1060 g/mol. The number of rotatable bonds is 12. The first-order valence-corrected chi connectivity index (χ1v) is 26.9. The van der Waals surface area contributed by atoms with Gasteiger partial charge in [0.15, 0.2) is 5.82 Å². The first kappa shape index (κ1) is 52.3. The normalized spacial score (nSPS) is 18.5. The number of thiophene rings is 1. The molecule has 3 aromatic carbocycles. The number of β-amino-alcohol motifs (C(OH)–C–C–N with tert-alkyl or cyclic N) is 1. The molecule has 0 spiro atoms. The number of halogens is 1. The molecule has 74 heavy (non-hydrogen) atoms. The molecule has 16 nitrogen and oxygen atoms in total. The fourth-order valence-corrected chi connectivity index (χ4v) is 12.1. The van der Waals surface area contributed by atoms with E-state index in [1.807, 2.05) is 100 Å². The number of thiazole rings is 1. The predicted octanol–water partition coefficient (Wildman–Crippen LogP) is 7.52. The van der Waals surface area contributed by atoms with Crippen molar-refractivity contribution in [2.24, 2.45) is 10.4 Å². The van der Waals surface area contributed by atoms with Gasteiger partial charge in [-0.3, -0.25) is 33.5 Å². The summed E-state index contributed by atoms with van der Waals surface area (Å²) < 4.78 is 2.02. The van der Waals surface area contributed by atoms with Crippen molar-refractivity contribution in [1.82, 2.24) is 45.1 Å². The van der Waals surface area contributed by atoms with E-state index in [1.165, 1.54) is 4.90 Å². The molecule has 2 saturated heterocycles. The van der Waals surface area contributed by atoms with E-state index in [4.69, 9.17) is 16.6 Å². The molecular weight excluding hydrogens is 996 g/mol. The van der Waals surface area contributed by atoms with Crippen LogP contribution in [0.25, 0.3) is 15.4 Å². The van der Waals surface area contributed by atoms with E-state index in [1.54, 1.807) is 56.7 Å². The average Bonchev–Trinajstić information content (AvgIpc) is 4.15. The number of amides is 5. The maximum Gasteiger partial charge on any atom is 0.253 e. The van der Waals surface area contributed by atoms with Crippen molar-refractivity contribution in [2.45, 2.75) is 105 Å². The van der Waals surface area contributed by atoms with Crippen LogP contribution in [0.3, 0.4) is 0 Å². The van der Waals surface area contributed by atoms with Crippen molar-refractivity contribution in [2.75, 3.05) is 32.7 Å². The van der Waals surface area contributed by atoms with Crippen LogP contribution in [0.1, 0.15) is 113 Å². The molecule has 3 N–H and O–H groups in total. The van der Waals surface area contributed by atoms with E-state index in [9.17, 15) is 29.1 Å². The maximum absolute atomic E-state index is 14.4. The number of aromatic nitrogens is 4. The quantitative estimate of drug-likeness (QED) is 0.111. The van der Waals surface area contributed by atoms with Crippen LogP contribution in [-0.4, -0.2) is 126 Å². The van der Waals surface area contributed by atoms with Crippen LogP contribution in [0.4, 0.5) is 0 Å². The first-order valence-electron chi connectivity index (χ1n) is 24.9. The fraction of sp³-hybridized carbons (Fsp3) is 0.400. The summed E-state index contributed by atoms with van der Waals surface area (Å²) in [7, 11) is 0. The Bertz CT molecular complexity index is 3150. The van der Waals surface area contributed by atoms with E-state index in [2.05, 4.69) is 39.7 Å². The third kappa shape index (κ3) is 10.8. The highest BCUT2D eigenvalue weighted by Crippen LogP contribution is 2.40. The molecule has 0 radical (unpaired) electrons. The molecule has 5 atom stereocenters. The van der Waals surface area contributed by atoms with Crippen LogP contribution in [0, 0.1) is 33.1 Å². The molecule has 6 heterocycles. The molecule has 5 amide bonds. The van der Waals surface area contributed by atoms with Gasteiger partial charge < -0.3 is 30.4 Å². The molecule has 1 unspecified atom stereocenters. The molecular formula is C55H61ClN10O6S2. The molecule has 3 aliphatic rings. The van der Waals surface area contributed by atoms with Gasteiger partial charge in [-0.25, -0.2) is 4.98 Å². The molecule has 3 aromatic heterocycles. The van der Waals surface area contributed by atoms with Crippen molar-refractivity contribution < 1.29 is 29.1 Å². The lowest BCUT2D eigenvalue weighted by atomic mass is 9.85. The number of likely N-dealkylation sites (tertiary alicyclic amines) is 1. The van der Waals surface area contributed by atoms with Crippen LogP contribution >= 0.6 is 34.3 Å². The smallest absolute Gasteiger partial charge is 0.253 e. The van der Waals surface area contributed by atoms with Crippen molar-refractivity contribution in [3.8, 4) is 15.4 Å². The van der Waals surface area contributed by atoms with Gasteiger partial charge in [-0.05, 0) is 86.6 Å². The van der Waals surface area contributed by atoms with Crippen molar-refractivity contribution in [3.63, 3.8) is 0 Å². The molecule has 2 fully saturated rings. The van der Waals surface area contributed by atoms with E-state index < -0.39 is 47.4 Å². The molecule has 6 aromatic rings. The number of carbonyl (C=O) groups is 5. The van der Waals surface area contributed by atoms with Gasteiger partial charge in [0, 0.05) is 65.7 Å². The summed E-state index contributed by atoms with van der Waals surface area (Å²) >= 11 is 9.51. The number of carbonyl (C=O) groups excluding carboxylic acids is 5. The Kier molecular flexibility index (Phi) is 15.1. The second-order valence-electron chi connectivity index (χ2n) is 20.5. The van der Waals surface area contributed by atoms with Gasteiger partial charge in [0.05, 0.1) is 46.8 Å². The fourth-order valence-electron chi connectivity index (χ4n) is 10.00. The summed E-state index contributed by atoms with van der Waals surface area (Å²) in [5.74, 6) is -0.331. The van der Waals surface area contributed by atoms with E-state index in [0.29, 0.717) is 54.0 Å². The van der Waals surface area contributed by atoms with Crippen LogP contribution in [0.5, 0.6) is 0 Å². The second-order valence-corrected chi connectivity index (χ2v) is 23.0. The van der Waals surface area contributed by atoms with Gasteiger partial charge in [-0.1, -0.05) is 80.9 Å². The Morgan fingerprint density at radius 3 is 2.24 bits per heavy atom. The number of hydrogen-bond donors (Lipinski definition) is 3. The lowest BCUT2D eigenvalue weighted by molar-refractivity contribution is -0.144. The van der Waals surface area contributed by atoms with Crippen molar-refractivity contribution >= 4 is 69.5 Å². The number of aliphatic imine (C=N–C) groups is 1. The number of aliphatic hydroxyl groups excluding tert-OH is 1. The minimum absolute atomic E-state index is 0.0516. The van der Waals surface area contributed by atoms with Gasteiger partial charge in [-0.2, -0.15) is 0 Å². The molecule has 9 rings (SSSR count). The highest BCUT2D eigenvalue weighted by atomic mass is 35.5. The topological polar surface area (TPSA) is 195 Å². The Balaban J connectivity index is 0.815. The predicted molar refractivity (Wildman–Crippen MR) is 287 cm³/mol. The Hall–Kier alpha value is -6.60. The second kappa shape index (κ2) is 21.3. The van der Waals surface area contributed by atoms with E-state index in [0.717, 1.165) is 54.0 Å². The van der Waals surface area contributed by atoms with Gasteiger partial charge in [0.1, 0.15) is 29.0 Å². The molecule has 0 aliphatic carbocycles. The zero-order chi connectivity index (χ0) is 52.7. The number of hydrogen-bond acceptors (Lipinski definition) is 12. The Labute approximate surface area is 443 Å². The van der Waals surface area contributed by atoms with E-state index in [-0.39, 0.29) is 43.7 Å². The largest absolute Gasteiger partial charge is 0.391 e. The summed E-state index contributed by atoms with van der Waals surface area (Å²) in [6.45, 7) is 16.6. The van der Waals surface area contributed by atoms with Crippen LogP contribution in [0.2, 0.25) is 5.02 Å². The molecule has 0 saturated carbocycles. The minimum Gasteiger partial charge on any atom is -0.391 e. The molecule has 386 valence electrons. The summed E-state index contributed by atoms with van der Waals surface area (Å²) in [6, 6.07) is 19.4. The highest BCUT2D eigenvalue weighted by molar-refractivity contribution is 7.15. The zero-order valence-electron chi connectivity index (χ0n) is 42.8. The minimum atomic E-state index is -1.02. The SMILES string of the molecule is Cc1ncsc1-c1ccc([C@H](C)NC(=O)[C@@H]2C[C@@H](O)CN2C(=O)C(NC(=O)Cc2cccc(C(=O)N3CCN(C(=O)C[C@@H]4N=C(c5ccc(Cl)cc5)c5c(sc(C)c5C)-n5c(C)nnc54)CC3)c2)C(C)(C)C)cc1. The number of piperazine rings is 1.